The molecule has 0 aliphatic carbocycles. The monoisotopic (exact) mass is 209 g/mol. The van der Waals surface area contributed by atoms with Crippen molar-refractivity contribution in [2.45, 2.75) is 38.8 Å². The van der Waals surface area contributed by atoms with E-state index in [1.165, 1.54) is 12.8 Å². The van der Waals surface area contributed by atoms with E-state index in [1.54, 1.807) is 6.20 Å². The Morgan fingerprint density at radius 3 is 3.13 bits per heavy atom. The van der Waals surface area contributed by atoms with Crippen LogP contribution in [0, 0.1) is 6.92 Å². The Morgan fingerprint density at radius 1 is 1.67 bits per heavy atom. The lowest BCUT2D eigenvalue weighted by Gasteiger charge is -2.26. The summed E-state index contributed by atoms with van der Waals surface area (Å²) in [6.45, 7) is 6.21. The standard InChI is InChI=1S/C11H19N3O/c1-8-6-13-11(15-8)9(2)14-10-4-3-5-12-7-10/h6,9-10,12,14H,3-5,7H2,1-2H3. The van der Waals surface area contributed by atoms with Gasteiger partial charge >= 0.3 is 0 Å². The van der Waals surface area contributed by atoms with Crippen LogP contribution in [0.15, 0.2) is 10.6 Å². The molecule has 0 saturated carbocycles. The van der Waals surface area contributed by atoms with Crippen LogP contribution in [0.4, 0.5) is 0 Å². The molecule has 84 valence electrons. The molecule has 2 atom stereocenters. The lowest BCUT2D eigenvalue weighted by molar-refractivity contribution is 0.326. The molecule has 4 heteroatoms. The van der Waals surface area contributed by atoms with Crippen molar-refractivity contribution in [3.63, 3.8) is 0 Å². The molecule has 2 unspecified atom stereocenters. The van der Waals surface area contributed by atoms with Crippen molar-refractivity contribution in [2.75, 3.05) is 13.1 Å². The van der Waals surface area contributed by atoms with Gasteiger partial charge in [-0.25, -0.2) is 4.98 Å². The number of hydrogen-bond acceptors (Lipinski definition) is 4. The van der Waals surface area contributed by atoms with Gasteiger partial charge in [0.1, 0.15) is 5.76 Å². The fourth-order valence-electron chi connectivity index (χ4n) is 1.99. The summed E-state index contributed by atoms with van der Waals surface area (Å²) in [6.07, 6.45) is 4.25. The van der Waals surface area contributed by atoms with Crippen molar-refractivity contribution in [3.8, 4) is 0 Å². The van der Waals surface area contributed by atoms with E-state index in [0.717, 1.165) is 24.7 Å². The molecule has 1 saturated heterocycles. The number of aryl methyl sites for hydroxylation is 1. The maximum atomic E-state index is 5.49. The summed E-state index contributed by atoms with van der Waals surface area (Å²) in [5.74, 6) is 1.67. The molecule has 2 rings (SSSR count). The predicted octanol–water partition coefficient (Wildman–Crippen LogP) is 1.39. The summed E-state index contributed by atoms with van der Waals surface area (Å²) in [5.41, 5.74) is 0. The molecular weight excluding hydrogens is 190 g/mol. The summed E-state index contributed by atoms with van der Waals surface area (Å²) in [7, 11) is 0. The van der Waals surface area contributed by atoms with Crippen LogP contribution in [-0.4, -0.2) is 24.1 Å². The number of oxazole rings is 1. The molecule has 1 aromatic rings. The molecule has 2 heterocycles. The number of nitrogens with zero attached hydrogens (tertiary/aromatic N) is 1. The van der Waals surface area contributed by atoms with Gasteiger partial charge in [0.25, 0.3) is 0 Å². The minimum Gasteiger partial charge on any atom is -0.444 e. The third-order valence-electron chi connectivity index (χ3n) is 2.79. The van der Waals surface area contributed by atoms with Gasteiger partial charge in [0.15, 0.2) is 0 Å². The highest BCUT2D eigenvalue weighted by molar-refractivity contribution is 4.96. The second-order valence-corrected chi connectivity index (χ2v) is 4.24. The Hall–Kier alpha value is -0.870. The number of hydrogen-bond donors (Lipinski definition) is 2. The van der Waals surface area contributed by atoms with Crippen LogP contribution in [0.2, 0.25) is 0 Å². The number of aromatic nitrogens is 1. The quantitative estimate of drug-likeness (QED) is 0.789. The number of nitrogens with one attached hydrogen (secondary N) is 2. The van der Waals surface area contributed by atoms with Crippen molar-refractivity contribution in [3.05, 3.63) is 17.8 Å². The van der Waals surface area contributed by atoms with Gasteiger partial charge in [-0.2, -0.15) is 0 Å². The molecule has 0 spiro atoms. The van der Waals surface area contributed by atoms with Crippen LogP contribution in [0.25, 0.3) is 0 Å². The van der Waals surface area contributed by atoms with Crippen LogP contribution in [-0.2, 0) is 0 Å². The minimum absolute atomic E-state index is 0.198. The number of piperidine rings is 1. The first-order valence-electron chi connectivity index (χ1n) is 5.65. The smallest absolute Gasteiger partial charge is 0.211 e. The van der Waals surface area contributed by atoms with E-state index in [9.17, 15) is 0 Å². The van der Waals surface area contributed by atoms with Gasteiger partial charge in [-0.3, -0.25) is 0 Å². The van der Waals surface area contributed by atoms with Crippen molar-refractivity contribution in [1.29, 1.82) is 0 Å². The Kier molecular flexibility index (Phi) is 3.38. The highest BCUT2D eigenvalue weighted by Gasteiger charge is 2.18. The average molecular weight is 209 g/mol. The second kappa shape index (κ2) is 4.77. The van der Waals surface area contributed by atoms with E-state index < -0.39 is 0 Å². The molecule has 4 nitrogen and oxygen atoms in total. The first-order chi connectivity index (χ1) is 7.25. The summed E-state index contributed by atoms with van der Waals surface area (Å²) in [6, 6.07) is 0.740. The Bertz CT molecular complexity index is 305. The zero-order valence-electron chi connectivity index (χ0n) is 9.42. The topological polar surface area (TPSA) is 50.1 Å². The second-order valence-electron chi connectivity index (χ2n) is 4.24. The van der Waals surface area contributed by atoms with Crippen molar-refractivity contribution in [1.82, 2.24) is 15.6 Å². The SMILES string of the molecule is Cc1cnc(C(C)NC2CCCNC2)o1. The first kappa shape index (κ1) is 10.6. The van der Waals surface area contributed by atoms with E-state index in [2.05, 4.69) is 22.5 Å². The minimum atomic E-state index is 0.198. The Labute approximate surface area is 90.5 Å². The van der Waals surface area contributed by atoms with E-state index in [4.69, 9.17) is 4.42 Å². The predicted molar refractivity (Wildman–Crippen MR) is 58.7 cm³/mol. The van der Waals surface area contributed by atoms with E-state index in [1.807, 2.05) is 6.92 Å². The van der Waals surface area contributed by atoms with Gasteiger partial charge in [-0.1, -0.05) is 0 Å². The molecule has 0 bridgehead atoms. The summed E-state index contributed by atoms with van der Waals surface area (Å²) >= 11 is 0. The van der Waals surface area contributed by atoms with Gasteiger partial charge in [-0.05, 0) is 33.2 Å². The van der Waals surface area contributed by atoms with Crippen LogP contribution in [0.1, 0.15) is 37.5 Å². The number of rotatable bonds is 3. The summed E-state index contributed by atoms with van der Waals surface area (Å²) < 4.78 is 5.49. The third kappa shape index (κ3) is 2.79. The lowest BCUT2D eigenvalue weighted by atomic mass is 10.1. The van der Waals surface area contributed by atoms with Crippen LogP contribution < -0.4 is 10.6 Å². The van der Waals surface area contributed by atoms with E-state index >= 15 is 0 Å². The molecule has 1 aliphatic rings. The maximum Gasteiger partial charge on any atom is 0.211 e. The molecule has 1 aliphatic heterocycles. The van der Waals surface area contributed by atoms with Crippen LogP contribution in [0.5, 0.6) is 0 Å². The normalized spacial score (nSPS) is 24.0. The molecule has 1 fully saturated rings. The van der Waals surface area contributed by atoms with Gasteiger partial charge in [0, 0.05) is 12.6 Å². The Balaban J connectivity index is 1.88. The summed E-state index contributed by atoms with van der Waals surface area (Å²) in [5, 5.41) is 6.91. The lowest BCUT2D eigenvalue weighted by Crippen LogP contribution is -2.44. The van der Waals surface area contributed by atoms with Crippen molar-refractivity contribution in [2.24, 2.45) is 0 Å². The fraction of sp³-hybridized carbons (Fsp3) is 0.727. The zero-order chi connectivity index (χ0) is 10.7. The molecule has 2 N–H and O–H groups in total. The fourth-order valence-corrected chi connectivity index (χ4v) is 1.99. The third-order valence-corrected chi connectivity index (χ3v) is 2.79. The highest BCUT2D eigenvalue weighted by Crippen LogP contribution is 2.14. The summed E-state index contributed by atoms with van der Waals surface area (Å²) in [4.78, 5) is 4.23. The highest BCUT2D eigenvalue weighted by atomic mass is 16.4. The van der Waals surface area contributed by atoms with E-state index in [-0.39, 0.29) is 6.04 Å². The van der Waals surface area contributed by atoms with E-state index in [0.29, 0.717) is 6.04 Å². The molecular formula is C11H19N3O. The molecule has 0 amide bonds. The Morgan fingerprint density at radius 2 is 2.53 bits per heavy atom. The molecule has 0 aromatic carbocycles. The molecule has 1 aromatic heterocycles. The molecule has 0 radical (unpaired) electrons. The van der Waals surface area contributed by atoms with Gasteiger partial charge in [0.05, 0.1) is 12.2 Å². The largest absolute Gasteiger partial charge is 0.444 e. The van der Waals surface area contributed by atoms with Gasteiger partial charge in [0.2, 0.25) is 5.89 Å². The zero-order valence-corrected chi connectivity index (χ0v) is 9.42. The average Bonchev–Trinajstić information content (AvgIpc) is 2.66. The molecule has 15 heavy (non-hydrogen) atoms. The van der Waals surface area contributed by atoms with Crippen LogP contribution in [0.3, 0.4) is 0 Å². The van der Waals surface area contributed by atoms with Crippen molar-refractivity contribution >= 4 is 0 Å². The maximum absolute atomic E-state index is 5.49. The van der Waals surface area contributed by atoms with Crippen molar-refractivity contribution < 1.29 is 4.42 Å². The van der Waals surface area contributed by atoms with Crippen LogP contribution >= 0.6 is 0 Å². The van der Waals surface area contributed by atoms with Gasteiger partial charge < -0.3 is 15.1 Å². The first-order valence-corrected chi connectivity index (χ1v) is 5.65. The van der Waals surface area contributed by atoms with Gasteiger partial charge in [-0.15, -0.1) is 0 Å².